The first-order valence-electron chi connectivity index (χ1n) is 6.52. The van der Waals surface area contributed by atoms with E-state index in [1.54, 1.807) is 12.1 Å². The number of aryl methyl sites for hydroxylation is 2. The average Bonchev–Trinajstić information content (AvgIpc) is 2.44. The standard InChI is InChI=1S/C16H16BrClN2O/c1-10-3-4-12(18)8-15(10)20-16(21)9-19-13-5-6-14(17)11(2)7-13/h3-8,19H,9H2,1-2H3,(H,20,21). The molecule has 2 aromatic rings. The molecule has 0 spiro atoms. The van der Waals surface area contributed by atoms with E-state index in [4.69, 9.17) is 11.6 Å². The average molecular weight is 368 g/mol. The summed E-state index contributed by atoms with van der Waals surface area (Å²) in [5.74, 6) is -0.110. The maximum absolute atomic E-state index is 12.0. The molecule has 0 saturated heterocycles. The van der Waals surface area contributed by atoms with E-state index in [0.717, 1.165) is 27.0 Å². The van der Waals surface area contributed by atoms with E-state index in [-0.39, 0.29) is 12.5 Å². The van der Waals surface area contributed by atoms with Crippen molar-refractivity contribution < 1.29 is 4.79 Å². The number of carbonyl (C=O) groups is 1. The molecule has 0 atom stereocenters. The summed E-state index contributed by atoms with van der Waals surface area (Å²) in [5, 5.41) is 6.56. The fourth-order valence-corrected chi connectivity index (χ4v) is 2.28. The van der Waals surface area contributed by atoms with Gasteiger partial charge >= 0.3 is 0 Å². The largest absolute Gasteiger partial charge is 0.376 e. The van der Waals surface area contributed by atoms with Gasteiger partial charge in [0, 0.05) is 20.9 Å². The molecule has 0 saturated carbocycles. The summed E-state index contributed by atoms with van der Waals surface area (Å²) >= 11 is 9.38. The third kappa shape index (κ3) is 4.48. The molecule has 0 radical (unpaired) electrons. The Morgan fingerprint density at radius 3 is 2.62 bits per heavy atom. The first-order valence-corrected chi connectivity index (χ1v) is 7.69. The van der Waals surface area contributed by atoms with E-state index in [0.29, 0.717) is 5.02 Å². The molecule has 5 heteroatoms. The van der Waals surface area contributed by atoms with Gasteiger partial charge in [0.05, 0.1) is 6.54 Å². The van der Waals surface area contributed by atoms with Gasteiger partial charge in [0.1, 0.15) is 0 Å². The van der Waals surface area contributed by atoms with Crippen LogP contribution in [-0.2, 0) is 4.79 Å². The summed E-state index contributed by atoms with van der Waals surface area (Å²) in [7, 11) is 0. The molecule has 2 rings (SSSR count). The molecular weight excluding hydrogens is 352 g/mol. The monoisotopic (exact) mass is 366 g/mol. The zero-order valence-corrected chi connectivity index (χ0v) is 14.2. The van der Waals surface area contributed by atoms with Crippen LogP contribution in [0.4, 0.5) is 11.4 Å². The Balaban J connectivity index is 1.95. The van der Waals surface area contributed by atoms with E-state index >= 15 is 0 Å². The van der Waals surface area contributed by atoms with Crippen LogP contribution in [-0.4, -0.2) is 12.5 Å². The van der Waals surface area contributed by atoms with E-state index in [2.05, 4.69) is 26.6 Å². The van der Waals surface area contributed by atoms with Crippen molar-refractivity contribution >= 4 is 44.8 Å². The third-order valence-electron chi connectivity index (χ3n) is 3.08. The van der Waals surface area contributed by atoms with Gasteiger partial charge in [0.15, 0.2) is 0 Å². The van der Waals surface area contributed by atoms with E-state index in [9.17, 15) is 4.79 Å². The van der Waals surface area contributed by atoms with Crippen LogP contribution in [0.5, 0.6) is 0 Å². The lowest BCUT2D eigenvalue weighted by atomic mass is 10.2. The quantitative estimate of drug-likeness (QED) is 0.817. The van der Waals surface area contributed by atoms with Crippen LogP contribution in [0.3, 0.4) is 0 Å². The van der Waals surface area contributed by atoms with Crippen LogP contribution in [0.25, 0.3) is 0 Å². The molecule has 110 valence electrons. The summed E-state index contributed by atoms with van der Waals surface area (Å²) < 4.78 is 1.05. The second-order valence-electron chi connectivity index (χ2n) is 4.82. The topological polar surface area (TPSA) is 41.1 Å². The number of hydrogen-bond acceptors (Lipinski definition) is 2. The van der Waals surface area contributed by atoms with Crippen molar-refractivity contribution in [2.75, 3.05) is 17.2 Å². The van der Waals surface area contributed by atoms with Gasteiger partial charge in [-0.2, -0.15) is 0 Å². The van der Waals surface area contributed by atoms with Gasteiger partial charge in [-0.25, -0.2) is 0 Å². The van der Waals surface area contributed by atoms with Gasteiger partial charge in [0.2, 0.25) is 5.91 Å². The molecule has 2 aromatic carbocycles. The van der Waals surface area contributed by atoms with Crippen LogP contribution in [0, 0.1) is 13.8 Å². The zero-order valence-electron chi connectivity index (χ0n) is 11.8. The van der Waals surface area contributed by atoms with Gasteiger partial charge in [-0.15, -0.1) is 0 Å². The molecule has 0 bridgehead atoms. The lowest BCUT2D eigenvalue weighted by Crippen LogP contribution is -2.22. The van der Waals surface area contributed by atoms with Crippen molar-refractivity contribution in [2.45, 2.75) is 13.8 Å². The van der Waals surface area contributed by atoms with Crippen molar-refractivity contribution in [3.8, 4) is 0 Å². The Morgan fingerprint density at radius 2 is 1.90 bits per heavy atom. The number of anilines is 2. The highest BCUT2D eigenvalue weighted by atomic mass is 79.9. The molecule has 0 aromatic heterocycles. The van der Waals surface area contributed by atoms with E-state index in [1.807, 2.05) is 38.1 Å². The van der Waals surface area contributed by atoms with E-state index < -0.39 is 0 Å². The summed E-state index contributed by atoms with van der Waals surface area (Å²) in [5.41, 5.74) is 3.74. The molecule has 21 heavy (non-hydrogen) atoms. The normalized spacial score (nSPS) is 10.3. The first kappa shape index (κ1) is 15.9. The van der Waals surface area contributed by atoms with E-state index in [1.165, 1.54) is 0 Å². The van der Waals surface area contributed by atoms with Crippen LogP contribution in [0.2, 0.25) is 5.02 Å². The minimum Gasteiger partial charge on any atom is -0.376 e. The highest BCUT2D eigenvalue weighted by Crippen LogP contribution is 2.21. The Labute approximate surface area is 137 Å². The van der Waals surface area contributed by atoms with Crippen molar-refractivity contribution in [3.63, 3.8) is 0 Å². The second kappa shape index (κ2) is 6.96. The molecule has 0 aliphatic carbocycles. The number of hydrogen-bond donors (Lipinski definition) is 2. The van der Waals surface area contributed by atoms with Crippen LogP contribution >= 0.6 is 27.5 Å². The molecule has 0 aliphatic rings. The summed E-state index contributed by atoms with van der Waals surface area (Å²) in [6.07, 6.45) is 0. The predicted octanol–water partition coefficient (Wildman–Crippen LogP) is 4.77. The molecule has 0 aliphatic heterocycles. The Morgan fingerprint density at radius 1 is 1.14 bits per heavy atom. The molecule has 1 amide bonds. The Kier molecular flexibility index (Phi) is 5.26. The SMILES string of the molecule is Cc1cc(NCC(=O)Nc2cc(Cl)ccc2C)ccc1Br. The number of benzene rings is 2. The Hall–Kier alpha value is -1.52. The maximum atomic E-state index is 12.0. The number of rotatable bonds is 4. The second-order valence-corrected chi connectivity index (χ2v) is 6.12. The molecule has 0 unspecified atom stereocenters. The number of nitrogens with one attached hydrogen (secondary N) is 2. The van der Waals surface area contributed by atoms with Crippen LogP contribution in [0.15, 0.2) is 40.9 Å². The van der Waals surface area contributed by atoms with Gasteiger partial charge in [0.25, 0.3) is 0 Å². The Bertz CT molecular complexity index is 673. The van der Waals surface area contributed by atoms with Crippen molar-refractivity contribution in [1.29, 1.82) is 0 Å². The smallest absolute Gasteiger partial charge is 0.243 e. The predicted molar refractivity (Wildman–Crippen MR) is 92.2 cm³/mol. The maximum Gasteiger partial charge on any atom is 0.243 e. The summed E-state index contributed by atoms with van der Waals surface area (Å²) in [6.45, 7) is 4.13. The lowest BCUT2D eigenvalue weighted by Gasteiger charge is -2.11. The minimum atomic E-state index is -0.110. The molecular formula is C16H16BrClN2O. The number of amides is 1. The highest BCUT2D eigenvalue weighted by Gasteiger charge is 2.06. The van der Waals surface area contributed by atoms with Gasteiger partial charge in [-0.3, -0.25) is 4.79 Å². The molecule has 0 fully saturated rings. The molecule has 0 heterocycles. The summed E-state index contributed by atoms with van der Waals surface area (Å²) in [6, 6.07) is 11.3. The van der Waals surface area contributed by atoms with Gasteiger partial charge < -0.3 is 10.6 Å². The van der Waals surface area contributed by atoms with Crippen molar-refractivity contribution in [2.24, 2.45) is 0 Å². The fraction of sp³-hybridized carbons (Fsp3) is 0.188. The molecule has 2 N–H and O–H groups in total. The van der Waals surface area contributed by atoms with Crippen molar-refractivity contribution in [3.05, 3.63) is 57.0 Å². The number of halogens is 2. The van der Waals surface area contributed by atoms with Gasteiger partial charge in [-0.1, -0.05) is 33.6 Å². The highest BCUT2D eigenvalue weighted by molar-refractivity contribution is 9.10. The molecule has 3 nitrogen and oxygen atoms in total. The third-order valence-corrected chi connectivity index (χ3v) is 4.21. The first-order chi connectivity index (χ1) is 9.95. The van der Waals surface area contributed by atoms with Crippen LogP contribution in [0.1, 0.15) is 11.1 Å². The number of carbonyl (C=O) groups excluding carboxylic acids is 1. The van der Waals surface area contributed by atoms with Gasteiger partial charge in [-0.05, 0) is 55.3 Å². The van der Waals surface area contributed by atoms with Crippen molar-refractivity contribution in [1.82, 2.24) is 0 Å². The fourth-order valence-electron chi connectivity index (χ4n) is 1.86. The van der Waals surface area contributed by atoms with Crippen LogP contribution < -0.4 is 10.6 Å². The lowest BCUT2D eigenvalue weighted by molar-refractivity contribution is -0.114. The zero-order chi connectivity index (χ0) is 15.4. The summed E-state index contributed by atoms with van der Waals surface area (Å²) in [4.78, 5) is 12.0. The minimum absolute atomic E-state index is 0.110.